The Balaban J connectivity index is 0.000000758. The molecule has 12 heteroatoms. The maximum absolute atomic E-state index is 13.3. The van der Waals surface area contributed by atoms with Gasteiger partial charge in [0.1, 0.15) is 5.69 Å². The number of imidazole rings is 1. The monoisotopic (exact) mass is 560 g/mol. The summed E-state index contributed by atoms with van der Waals surface area (Å²) in [7, 11) is -3.67. The van der Waals surface area contributed by atoms with Crippen LogP contribution in [-0.2, 0) is 25.0 Å². The molecule has 0 unspecified atom stereocenters. The molecule has 3 heterocycles. The molecule has 0 fully saturated rings. The predicted molar refractivity (Wildman–Crippen MR) is 152 cm³/mol. The molecule has 0 saturated carbocycles. The second-order valence-electron chi connectivity index (χ2n) is 9.90. The quantitative estimate of drug-likeness (QED) is 0.246. The van der Waals surface area contributed by atoms with Crippen molar-refractivity contribution in [1.29, 1.82) is 0 Å². The highest BCUT2D eigenvalue weighted by Gasteiger charge is 2.44. The van der Waals surface area contributed by atoms with E-state index in [9.17, 15) is 13.2 Å². The number of hydrogen-bond acceptors (Lipinski definition) is 6. The summed E-state index contributed by atoms with van der Waals surface area (Å²) in [6.07, 6.45) is 0. The molecule has 206 valence electrons. The van der Waals surface area contributed by atoms with Crippen LogP contribution in [0.1, 0.15) is 26.3 Å². The van der Waals surface area contributed by atoms with Crippen LogP contribution in [0.4, 0.5) is 5.69 Å². The van der Waals surface area contributed by atoms with Gasteiger partial charge in [0.25, 0.3) is 5.97 Å². The van der Waals surface area contributed by atoms with E-state index in [1.165, 1.54) is 12.1 Å². The topological polar surface area (TPSA) is 161 Å². The fourth-order valence-electron chi connectivity index (χ4n) is 4.78. The zero-order chi connectivity index (χ0) is 28.7. The maximum atomic E-state index is 13.3. The SMILES string of the molecule is CC(=O)O.CC1(C)C(=O)N(CCNS(=O)(=O)c2ccccc2)c2cc3nc(-c4n[nH]c5ccccc45)[nH]c3cc21. The highest BCUT2D eigenvalue weighted by Crippen LogP contribution is 2.43. The smallest absolute Gasteiger partial charge is 0.300 e. The number of fused-ring (bicyclic) bond motifs is 3. The highest BCUT2D eigenvalue weighted by atomic mass is 32.2. The number of hydrogen-bond donors (Lipinski definition) is 4. The standard InChI is InChI=1S/C26H24N6O3S.C2H4O2/c1-26(2)18-14-20-21(29-24(28-20)23-17-10-6-7-11-19(17)30-31-23)15-22(18)32(25(26)33)13-12-27-36(34,35)16-8-4-3-5-9-16;1-2(3)4/h3-11,14-15,27H,12-13H2,1-2H3,(H,28,29)(H,30,31);1H3,(H,3,4). The molecule has 3 aromatic carbocycles. The van der Waals surface area contributed by atoms with Crippen molar-refractivity contribution in [1.82, 2.24) is 24.9 Å². The number of carboxylic acid groups (broad SMARTS) is 1. The number of H-pyrrole nitrogens is 2. The normalized spacial score (nSPS) is 14.3. The third-order valence-corrected chi connectivity index (χ3v) is 8.20. The Bertz CT molecular complexity index is 1840. The Labute approximate surface area is 230 Å². The molecular formula is C28H28N6O5S. The number of amides is 1. The van der Waals surface area contributed by atoms with Crippen molar-refractivity contribution in [3.05, 3.63) is 72.3 Å². The van der Waals surface area contributed by atoms with Crippen molar-refractivity contribution < 1.29 is 23.1 Å². The summed E-state index contributed by atoms with van der Waals surface area (Å²) >= 11 is 0. The third-order valence-electron chi connectivity index (χ3n) is 6.72. The molecule has 0 aliphatic carbocycles. The Kier molecular flexibility index (Phi) is 6.90. The summed E-state index contributed by atoms with van der Waals surface area (Å²) < 4.78 is 27.8. The largest absolute Gasteiger partial charge is 0.481 e. The van der Waals surface area contributed by atoms with E-state index in [-0.39, 0.29) is 23.9 Å². The molecule has 1 aliphatic heterocycles. The lowest BCUT2D eigenvalue weighted by atomic mass is 9.86. The van der Waals surface area contributed by atoms with Crippen molar-refractivity contribution in [3.63, 3.8) is 0 Å². The van der Waals surface area contributed by atoms with Crippen LogP contribution in [-0.4, -0.2) is 58.7 Å². The summed E-state index contributed by atoms with van der Waals surface area (Å²) in [6.45, 7) is 5.13. The number of carbonyl (C=O) groups is 2. The number of carboxylic acids is 1. The molecule has 1 aliphatic rings. The molecule has 0 atom stereocenters. The first-order valence-electron chi connectivity index (χ1n) is 12.5. The Morgan fingerprint density at radius 3 is 2.45 bits per heavy atom. The predicted octanol–water partition coefficient (Wildman–Crippen LogP) is 3.80. The summed E-state index contributed by atoms with van der Waals surface area (Å²) in [4.78, 5) is 32.3. The number of rotatable bonds is 6. The number of benzene rings is 3. The lowest BCUT2D eigenvalue weighted by molar-refractivity contribution is -0.134. The van der Waals surface area contributed by atoms with Crippen molar-refractivity contribution in [2.75, 3.05) is 18.0 Å². The van der Waals surface area contributed by atoms with Crippen molar-refractivity contribution in [3.8, 4) is 11.5 Å². The second-order valence-corrected chi connectivity index (χ2v) is 11.7. The van der Waals surface area contributed by atoms with E-state index in [0.717, 1.165) is 40.3 Å². The fraction of sp³-hybridized carbons (Fsp3) is 0.214. The Morgan fingerprint density at radius 1 is 1.05 bits per heavy atom. The van der Waals surface area contributed by atoms with E-state index < -0.39 is 21.4 Å². The molecular weight excluding hydrogens is 532 g/mol. The van der Waals surface area contributed by atoms with Gasteiger partial charge in [-0.3, -0.25) is 14.7 Å². The van der Waals surface area contributed by atoms with Gasteiger partial charge in [0.15, 0.2) is 5.82 Å². The number of para-hydroxylation sites is 1. The number of nitrogens with zero attached hydrogens (tertiary/aromatic N) is 3. The number of carbonyl (C=O) groups excluding carboxylic acids is 1. The van der Waals surface area contributed by atoms with Gasteiger partial charge in [-0.1, -0.05) is 36.4 Å². The van der Waals surface area contributed by atoms with Gasteiger partial charge in [0.2, 0.25) is 15.9 Å². The molecule has 6 rings (SSSR count). The Morgan fingerprint density at radius 2 is 1.73 bits per heavy atom. The lowest BCUT2D eigenvalue weighted by Crippen LogP contribution is -2.41. The van der Waals surface area contributed by atoms with Crippen LogP contribution in [0.15, 0.2) is 71.6 Å². The van der Waals surface area contributed by atoms with Gasteiger partial charge in [-0.15, -0.1) is 0 Å². The number of anilines is 1. The first-order chi connectivity index (χ1) is 19.0. The molecule has 0 spiro atoms. The molecule has 4 N–H and O–H groups in total. The molecule has 5 aromatic rings. The van der Waals surface area contributed by atoms with E-state index in [2.05, 4.69) is 19.9 Å². The summed E-state index contributed by atoms with van der Waals surface area (Å²) in [6, 6.07) is 19.9. The molecule has 0 saturated heterocycles. The maximum Gasteiger partial charge on any atom is 0.300 e. The minimum atomic E-state index is -3.67. The van der Waals surface area contributed by atoms with Crippen LogP contribution in [0.5, 0.6) is 0 Å². The first kappa shape index (κ1) is 27.0. The summed E-state index contributed by atoms with van der Waals surface area (Å²) in [5.41, 5.74) is 4.01. The molecule has 0 radical (unpaired) electrons. The van der Waals surface area contributed by atoms with Gasteiger partial charge in [0, 0.05) is 25.4 Å². The van der Waals surface area contributed by atoms with Crippen LogP contribution in [0, 0.1) is 0 Å². The van der Waals surface area contributed by atoms with Gasteiger partial charge in [-0.25, -0.2) is 18.1 Å². The van der Waals surface area contributed by atoms with Gasteiger partial charge in [0.05, 0.1) is 32.5 Å². The minimum Gasteiger partial charge on any atom is -0.481 e. The second kappa shape index (κ2) is 10.2. The number of aliphatic carboxylic acids is 1. The lowest BCUT2D eigenvalue weighted by Gasteiger charge is -2.20. The average molecular weight is 561 g/mol. The highest BCUT2D eigenvalue weighted by molar-refractivity contribution is 7.89. The minimum absolute atomic E-state index is 0.0809. The van der Waals surface area contributed by atoms with E-state index in [1.807, 2.05) is 50.2 Å². The zero-order valence-electron chi connectivity index (χ0n) is 22.1. The molecule has 1 amide bonds. The van der Waals surface area contributed by atoms with Crippen LogP contribution in [0.3, 0.4) is 0 Å². The van der Waals surface area contributed by atoms with E-state index >= 15 is 0 Å². The van der Waals surface area contributed by atoms with Crippen LogP contribution < -0.4 is 9.62 Å². The number of sulfonamides is 1. The molecule has 0 bridgehead atoms. The Hall–Kier alpha value is -4.55. The molecule has 11 nitrogen and oxygen atoms in total. The van der Waals surface area contributed by atoms with Gasteiger partial charge >= 0.3 is 0 Å². The zero-order valence-corrected chi connectivity index (χ0v) is 22.9. The average Bonchev–Trinajstić information content (AvgIpc) is 3.58. The summed E-state index contributed by atoms with van der Waals surface area (Å²) in [5.74, 6) is -0.278. The van der Waals surface area contributed by atoms with Crippen LogP contribution >= 0.6 is 0 Å². The number of aromatic amines is 2. The van der Waals surface area contributed by atoms with Crippen molar-refractivity contribution in [2.45, 2.75) is 31.1 Å². The van der Waals surface area contributed by atoms with Gasteiger partial charge in [-0.2, -0.15) is 5.10 Å². The summed E-state index contributed by atoms with van der Waals surface area (Å²) in [5, 5.41) is 15.8. The van der Waals surface area contributed by atoms with E-state index in [4.69, 9.17) is 14.9 Å². The van der Waals surface area contributed by atoms with Crippen molar-refractivity contribution >= 4 is 49.5 Å². The fourth-order valence-corrected chi connectivity index (χ4v) is 5.83. The van der Waals surface area contributed by atoms with Crippen LogP contribution in [0.2, 0.25) is 0 Å². The first-order valence-corrected chi connectivity index (χ1v) is 14.0. The van der Waals surface area contributed by atoms with Gasteiger partial charge < -0.3 is 15.0 Å². The third kappa shape index (κ3) is 4.94. The molecule has 40 heavy (non-hydrogen) atoms. The van der Waals surface area contributed by atoms with E-state index in [0.29, 0.717) is 11.3 Å². The van der Waals surface area contributed by atoms with E-state index in [1.54, 1.807) is 23.1 Å². The number of nitrogens with one attached hydrogen (secondary N) is 3. The number of aromatic nitrogens is 4. The van der Waals surface area contributed by atoms with Crippen LogP contribution in [0.25, 0.3) is 33.5 Å². The van der Waals surface area contributed by atoms with Gasteiger partial charge in [-0.05, 0) is 49.7 Å². The molecule has 2 aromatic heterocycles. The van der Waals surface area contributed by atoms with Crippen molar-refractivity contribution in [2.24, 2.45) is 0 Å².